The zero-order chi connectivity index (χ0) is 10.7. The van der Waals surface area contributed by atoms with Crippen molar-refractivity contribution in [3.8, 4) is 16.9 Å². The highest BCUT2D eigenvalue weighted by atomic mass is 35.5. The van der Waals surface area contributed by atoms with E-state index in [0.29, 0.717) is 10.8 Å². The van der Waals surface area contributed by atoms with Crippen molar-refractivity contribution in [2.75, 3.05) is 0 Å². The first kappa shape index (κ1) is 9.90. The molecule has 0 amide bonds. The summed E-state index contributed by atoms with van der Waals surface area (Å²) in [4.78, 5) is 3.89. The average molecular weight is 238 g/mol. The first-order valence-corrected chi connectivity index (χ1v) is 5.09. The normalized spacial score (nSPS) is 9.60. The van der Waals surface area contributed by atoms with Gasteiger partial charge in [0.25, 0.3) is 0 Å². The van der Waals surface area contributed by atoms with Gasteiger partial charge in [0.1, 0.15) is 17.4 Å². The summed E-state index contributed by atoms with van der Waals surface area (Å²) < 4.78 is 9.23. The number of hydrogen-bond acceptors (Lipinski definition) is 5. The van der Waals surface area contributed by atoms with Gasteiger partial charge < -0.3 is 4.74 Å². The summed E-state index contributed by atoms with van der Waals surface area (Å²) in [6.45, 7) is 0. The van der Waals surface area contributed by atoms with Crippen LogP contribution in [0.25, 0.3) is 0 Å². The molecule has 0 aromatic carbocycles. The van der Waals surface area contributed by atoms with E-state index in [9.17, 15) is 0 Å². The predicted octanol–water partition coefficient (Wildman–Crippen LogP) is 2.86. The zero-order valence-corrected chi connectivity index (χ0v) is 8.92. The molecule has 0 saturated carbocycles. The van der Waals surface area contributed by atoms with Crippen molar-refractivity contribution in [1.29, 1.82) is 5.26 Å². The molecule has 74 valence electrons. The van der Waals surface area contributed by atoms with Crippen molar-refractivity contribution in [2.24, 2.45) is 0 Å². The molecule has 2 aromatic heterocycles. The third-order valence-electron chi connectivity index (χ3n) is 1.58. The molecule has 0 radical (unpaired) electrons. The van der Waals surface area contributed by atoms with Crippen molar-refractivity contribution < 1.29 is 4.74 Å². The molecule has 0 spiro atoms. The van der Waals surface area contributed by atoms with Gasteiger partial charge in [0.15, 0.2) is 5.15 Å². The maximum Gasteiger partial charge on any atom is 0.219 e. The summed E-state index contributed by atoms with van der Waals surface area (Å²) >= 11 is 6.73. The first-order valence-electron chi connectivity index (χ1n) is 3.94. The largest absolute Gasteiger partial charge is 0.442 e. The van der Waals surface area contributed by atoms with Crippen LogP contribution < -0.4 is 4.74 Å². The molecule has 6 heteroatoms. The fourth-order valence-electron chi connectivity index (χ4n) is 0.933. The topological polar surface area (TPSA) is 58.8 Å². The van der Waals surface area contributed by atoms with Crippen LogP contribution in [-0.2, 0) is 0 Å². The van der Waals surface area contributed by atoms with E-state index < -0.39 is 0 Å². The molecular weight excluding hydrogens is 234 g/mol. The molecule has 0 unspecified atom stereocenters. The number of rotatable bonds is 2. The number of pyridine rings is 1. The highest BCUT2D eigenvalue weighted by Crippen LogP contribution is 2.33. The molecule has 0 aliphatic carbocycles. The maximum atomic E-state index is 8.80. The molecule has 4 nitrogen and oxygen atoms in total. The molecule has 0 aliphatic heterocycles. The fraction of sp³-hybridized carbons (Fsp3) is 0. The van der Waals surface area contributed by atoms with E-state index in [0.717, 1.165) is 11.5 Å². The Balaban J connectivity index is 2.30. The van der Waals surface area contributed by atoms with Gasteiger partial charge >= 0.3 is 0 Å². The van der Waals surface area contributed by atoms with Crippen molar-refractivity contribution in [3.05, 3.63) is 35.2 Å². The standard InChI is InChI=1S/C9H4ClN3OS/c10-8-7(4-11)9(15-13-8)14-6-2-1-3-12-5-6/h1-3,5H. The van der Waals surface area contributed by atoms with Gasteiger partial charge in [-0.05, 0) is 12.1 Å². The van der Waals surface area contributed by atoms with Crippen LogP contribution in [0.1, 0.15) is 5.56 Å². The summed E-state index contributed by atoms with van der Waals surface area (Å²) in [7, 11) is 0. The molecule has 0 N–H and O–H groups in total. The Bertz CT molecular complexity index is 506. The van der Waals surface area contributed by atoms with E-state index >= 15 is 0 Å². The van der Waals surface area contributed by atoms with Crippen LogP contribution in [-0.4, -0.2) is 9.36 Å². The summed E-state index contributed by atoms with van der Waals surface area (Å²) in [6.07, 6.45) is 3.19. The van der Waals surface area contributed by atoms with Crippen molar-refractivity contribution in [2.45, 2.75) is 0 Å². The Labute approximate surface area is 94.9 Å². The van der Waals surface area contributed by atoms with Crippen LogP contribution in [0.2, 0.25) is 5.15 Å². The van der Waals surface area contributed by atoms with Gasteiger partial charge in [0.2, 0.25) is 5.06 Å². The zero-order valence-electron chi connectivity index (χ0n) is 7.35. The molecule has 0 aliphatic rings. The summed E-state index contributed by atoms with van der Waals surface area (Å²) in [6, 6.07) is 5.41. The Morgan fingerprint density at radius 1 is 1.53 bits per heavy atom. The number of aromatic nitrogens is 2. The van der Waals surface area contributed by atoms with Crippen molar-refractivity contribution in [1.82, 2.24) is 9.36 Å². The van der Waals surface area contributed by atoms with Crippen LogP contribution in [0.15, 0.2) is 24.5 Å². The highest BCUT2D eigenvalue weighted by Gasteiger charge is 2.13. The number of ether oxygens (including phenoxy) is 1. The van der Waals surface area contributed by atoms with Gasteiger partial charge in [0.05, 0.1) is 6.20 Å². The van der Waals surface area contributed by atoms with Gasteiger partial charge in [-0.2, -0.15) is 9.64 Å². The SMILES string of the molecule is N#Cc1c(Cl)nsc1Oc1cccnc1. The van der Waals surface area contributed by atoms with E-state index in [2.05, 4.69) is 9.36 Å². The average Bonchev–Trinajstić information content (AvgIpc) is 2.61. The summed E-state index contributed by atoms with van der Waals surface area (Å²) in [5.41, 5.74) is 0.255. The molecule has 2 heterocycles. The minimum absolute atomic E-state index is 0.168. The van der Waals surface area contributed by atoms with Gasteiger partial charge in [-0.25, -0.2) is 0 Å². The number of nitrogens with zero attached hydrogens (tertiary/aromatic N) is 3. The monoisotopic (exact) mass is 237 g/mol. The van der Waals surface area contributed by atoms with Crippen LogP contribution in [0.5, 0.6) is 10.8 Å². The second kappa shape index (κ2) is 4.26. The van der Waals surface area contributed by atoms with Gasteiger partial charge in [-0.3, -0.25) is 4.98 Å². The summed E-state index contributed by atoms with van der Waals surface area (Å²) in [5.74, 6) is 0.550. The van der Waals surface area contributed by atoms with Crippen molar-refractivity contribution in [3.63, 3.8) is 0 Å². The van der Waals surface area contributed by atoms with E-state index in [1.165, 1.54) is 0 Å². The van der Waals surface area contributed by atoms with E-state index in [4.69, 9.17) is 21.6 Å². The second-order valence-corrected chi connectivity index (χ2v) is 3.63. The third kappa shape index (κ3) is 2.06. The number of nitriles is 1. The quantitative estimate of drug-likeness (QED) is 0.806. The Kier molecular flexibility index (Phi) is 2.81. The van der Waals surface area contributed by atoms with Gasteiger partial charge in [-0.1, -0.05) is 11.6 Å². The minimum atomic E-state index is 0.168. The maximum absolute atomic E-state index is 8.80. The lowest BCUT2D eigenvalue weighted by Gasteiger charge is -2.00. The number of hydrogen-bond donors (Lipinski definition) is 0. The summed E-state index contributed by atoms with van der Waals surface area (Å²) in [5, 5.41) is 9.36. The molecule has 2 rings (SSSR count). The van der Waals surface area contributed by atoms with E-state index in [1.807, 2.05) is 6.07 Å². The van der Waals surface area contributed by atoms with Gasteiger partial charge in [-0.15, -0.1) is 0 Å². The van der Waals surface area contributed by atoms with E-state index in [-0.39, 0.29) is 10.7 Å². The minimum Gasteiger partial charge on any atom is -0.442 e. The molecule has 15 heavy (non-hydrogen) atoms. The third-order valence-corrected chi connectivity index (χ3v) is 2.68. The molecule has 0 fully saturated rings. The Morgan fingerprint density at radius 3 is 3.07 bits per heavy atom. The Morgan fingerprint density at radius 2 is 2.40 bits per heavy atom. The lowest BCUT2D eigenvalue weighted by molar-refractivity contribution is 0.492. The van der Waals surface area contributed by atoms with Crippen molar-refractivity contribution >= 4 is 23.1 Å². The first-order chi connectivity index (χ1) is 7.31. The predicted molar refractivity (Wildman–Crippen MR) is 56.2 cm³/mol. The fourth-order valence-corrected chi connectivity index (χ4v) is 1.84. The molecule has 0 atom stereocenters. The highest BCUT2D eigenvalue weighted by molar-refractivity contribution is 7.08. The second-order valence-electron chi connectivity index (χ2n) is 2.54. The van der Waals surface area contributed by atoms with Crippen LogP contribution >= 0.6 is 23.1 Å². The molecule has 2 aromatic rings. The lowest BCUT2D eigenvalue weighted by Crippen LogP contribution is -1.84. The molecular formula is C9H4ClN3OS. The molecule has 0 saturated heterocycles. The lowest BCUT2D eigenvalue weighted by atomic mass is 10.4. The van der Waals surface area contributed by atoms with Crippen LogP contribution in [0.3, 0.4) is 0 Å². The Hall–Kier alpha value is -1.64. The van der Waals surface area contributed by atoms with Crippen LogP contribution in [0.4, 0.5) is 0 Å². The molecule has 0 bridgehead atoms. The van der Waals surface area contributed by atoms with Crippen LogP contribution in [0, 0.1) is 11.3 Å². The number of halogens is 1. The van der Waals surface area contributed by atoms with E-state index in [1.54, 1.807) is 24.5 Å². The van der Waals surface area contributed by atoms with Gasteiger partial charge in [0, 0.05) is 17.7 Å². The smallest absolute Gasteiger partial charge is 0.219 e.